The van der Waals surface area contributed by atoms with Crippen molar-refractivity contribution in [1.82, 2.24) is 34.8 Å². The van der Waals surface area contributed by atoms with E-state index in [0.29, 0.717) is 45.9 Å². The number of pyridine rings is 1. The molecule has 6 aromatic rings. The highest BCUT2D eigenvalue weighted by Crippen LogP contribution is 2.43. The number of rotatable bonds is 17. The van der Waals surface area contributed by atoms with Gasteiger partial charge in [-0.15, -0.1) is 10.2 Å². The van der Waals surface area contributed by atoms with Crippen molar-refractivity contribution in [2.75, 3.05) is 33.6 Å². The molecular weight excluding hydrogens is 871 g/mol. The molecular formula is C47H53N7O9S2. The summed E-state index contributed by atoms with van der Waals surface area (Å²) in [7, 11) is -4.74. The summed E-state index contributed by atoms with van der Waals surface area (Å²) >= 11 is 0. The molecule has 342 valence electrons. The molecule has 1 aliphatic rings. The SMILES string of the molecule is COc1ccc(CN(Cc2ccc(OC)cc2)S(=O)(=O)c2c(S(=O)(=O)CCNC(=O)OC(C)(C)C)ccc(-c3ccnc4c3CCCC4)c2-c2nnn(Cc3ccc(OC)cc3)n2)cc1. The van der Waals surface area contributed by atoms with Crippen molar-refractivity contribution >= 4 is 26.0 Å². The quantitative estimate of drug-likeness (QED) is 0.0980. The molecule has 0 spiro atoms. The molecule has 0 saturated heterocycles. The van der Waals surface area contributed by atoms with E-state index in [1.54, 1.807) is 101 Å². The lowest BCUT2D eigenvalue weighted by Gasteiger charge is -2.27. The minimum Gasteiger partial charge on any atom is -0.497 e. The van der Waals surface area contributed by atoms with E-state index in [1.807, 2.05) is 18.2 Å². The number of sulfone groups is 1. The number of carbonyl (C=O) groups excluding carboxylic acids is 1. The number of nitrogens with one attached hydrogen (secondary N) is 1. The Morgan fingerprint density at radius 3 is 1.88 bits per heavy atom. The number of aromatic nitrogens is 5. The highest BCUT2D eigenvalue weighted by molar-refractivity contribution is 7.93. The Morgan fingerprint density at radius 2 is 1.31 bits per heavy atom. The largest absolute Gasteiger partial charge is 0.497 e. The van der Waals surface area contributed by atoms with Gasteiger partial charge in [0.2, 0.25) is 15.8 Å². The number of aryl methyl sites for hydroxylation is 1. The van der Waals surface area contributed by atoms with E-state index in [2.05, 4.69) is 20.6 Å². The first-order chi connectivity index (χ1) is 31.1. The van der Waals surface area contributed by atoms with Gasteiger partial charge in [-0.1, -0.05) is 42.5 Å². The second kappa shape index (κ2) is 19.8. The molecule has 0 bridgehead atoms. The first kappa shape index (κ1) is 46.6. The fourth-order valence-electron chi connectivity index (χ4n) is 7.63. The average Bonchev–Trinajstić information content (AvgIpc) is 3.76. The van der Waals surface area contributed by atoms with Crippen LogP contribution in [0.2, 0.25) is 0 Å². The summed E-state index contributed by atoms with van der Waals surface area (Å²) in [6.07, 6.45) is 4.10. The lowest BCUT2D eigenvalue weighted by Crippen LogP contribution is -2.35. The number of amides is 1. The van der Waals surface area contributed by atoms with Crippen molar-refractivity contribution in [3.63, 3.8) is 0 Å². The van der Waals surface area contributed by atoms with Crippen LogP contribution in [0.25, 0.3) is 22.5 Å². The van der Waals surface area contributed by atoms with Gasteiger partial charge in [0, 0.05) is 31.5 Å². The van der Waals surface area contributed by atoms with Gasteiger partial charge in [0.05, 0.1) is 44.1 Å². The standard InChI is InChI=1S/C47H53N7O9S2/c1-47(2,3)63-46(55)49-27-28-64(56,57)42-24-23-40(38-25-26-48-41-10-8-7-9-39(38)41)43(45-50-52-54(51-45)31-34-15-21-37(62-6)22-16-34)44(42)65(58,59)53(29-32-11-17-35(60-4)18-12-32)30-33-13-19-36(61-5)20-14-33/h11-26H,7-10,27-31H2,1-6H3,(H,49,55). The highest BCUT2D eigenvalue weighted by Gasteiger charge is 2.38. The molecule has 0 aliphatic heterocycles. The van der Waals surface area contributed by atoms with Crippen LogP contribution in [0, 0.1) is 0 Å². The molecule has 18 heteroatoms. The topological polar surface area (TPSA) is 194 Å². The van der Waals surface area contributed by atoms with Crippen LogP contribution in [-0.4, -0.2) is 91.7 Å². The molecule has 0 radical (unpaired) electrons. The molecule has 2 heterocycles. The number of carbonyl (C=O) groups is 1. The maximum absolute atomic E-state index is 16.0. The van der Waals surface area contributed by atoms with Crippen LogP contribution in [0.15, 0.2) is 107 Å². The van der Waals surface area contributed by atoms with E-state index in [1.165, 1.54) is 29.4 Å². The van der Waals surface area contributed by atoms with Crippen molar-refractivity contribution in [3.05, 3.63) is 125 Å². The smallest absolute Gasteiger partial charge is 0.407 e. The number of tetrazole rings is 1. The molecule has 1 amide bonds. The van der Waals surface area contributed by atoms with Gasteiger partial charge in [0.1, 0.15) is 27.7 Å². The number of benzene rings is 4. The summed E-state index contributed by atoms with van der Waals surface area (Å²) in [5, 5.41) is 16.1. The first-order valence-electron chi connectivity index (χ1n) is 21.1. The van der Waals surface area contributed by atoms with Gasteiger partial charge in [-0.05, 0) is 134 Å². The van der Waals surface area contributed by atoms with Crippen LogP contribution >= 0.6 is 0 Å². The zero-order chi connectivity index (χ0) is 46.4. The summed E-state index contributed by atoms with van der Waals surface area (Å²) in [6.45, 7) is 4.53. The molecule has 16 nitrogen and oxygen atoms in total. The second-order valence-corrected chi connectivity index (χ2v) is 20.5. The van der Waals surface area contributed by atoms with Crippen LogP contribution < -0.4 is 19.5 Å². The predicted octanol–water partition coefficient (Wildman–Crippen LogP) is 7.04. The van der Waals surface area contributed by atoms with Crippen molar-refractivity contribution in [2.24, 2.45) is 0 Å². The molecule has 2 aromatic heterocycles. The number of hydrogen-bond acceptors (Lipinski definition) is 13. The summed E-state index contributed by atoms with van der Waals surface area (Å²) in [6, 6.07) is 26.0. The number of methoxy groups -OCH3 is 3. The average molecular weight is 924 g/mol. The molecule has 65 heavy (non-hydrogen) atoms. The van der Waals surface area contributed by atoms with E-state index < -0.39 is 47.1 Å². The summed E-state index contributed by atoms with van der Waals surface area (Å²) < 4.78 is 84.4. The Labute approximate surface area is 379 Å². The molecule has 0 unspecified atom stereocenters. The zero-order valence-electron chi connectivity index (χ0n) is 37.3. The third-order valence-corrected chi connectivity index (χ3v) is 14.6. The Hall–Kier alpha value is -6.37. The molecule has 0 atom stereocenters. The molecule has 1 aliphatic carbocycles. The van der Waals surface area contributed by atoms with Crippen LogP contribution in [-0.2, 0) is 57.1 Å². The molecule has 1 N–H and O–H groups in total. The third kappa shape index (κ3) is 11.1. The predicted molar refractivity (Wildman–Crippen MR) is 244 cm³/mol. The van der Waals surface area contributed by atoms with Crippen molar-refractivity contribution in [1.29, 1.82) is 0 Å². The number of nitrogens with zero attached hydrogens (tertiary/aromatic N) is 6. The normalized spacial score (nSPS) is 13.0. The third-order valence-electron chi connectivity index (χ3n) is 10.8. The van der Waals surface area contributed by atoms with E-state index in [-0.39, 0.29) is 37.6 Å². The summed E-state index contributed by atoms with van der Waals surface area (Å²) in [5.74, 6) is 1.05. The molecule has 0 fully saturated rings. The zero-order valence-corrected chi connectivity index (χ0v) is 38.9. The van der Waals surface area contributed by atoms with Gasteiger partial charge in [-0.2, -0.15) is 9.10 Å². The van der Waals surface area contributed by atoms with Gasteiger partial charge < -0.3 is 24.3 Å². The van der Waals surface area contributed by atoms with Crippen molar-refractivity contribution in [3.8, 4) is 39.8 Å². The number of alkyl carbamates (subject to hydrolysis) is 1. The van der Waals surface area contributed by atoms with Crippen molar-refractivity contribution in [2.45, 2.75) is 81.5 Å². The number of sulfonamides is 1. The van der Waals surface area contributed by atoms with Crippen LogP contribution in [0.1, 0.15) is 61.6 Å². The van der Waals surface area contributed by atoms with Gasteiger partial charge in [-0.3, -0.25) is 4.98 Å². The fraction of sp³-hybridized carbons (Fsp3) is 0.340. The number of fused-ring (bicyclic) bond motifs is 1. The van der Waals surface area contributed by atoms with Gasteiger partial charge in [-0.25, -0.2) is 21.6 Å². The minimum atomic E-state index is -4.86. The summed E-state index contributed by atoms with van der Waals surface area (Å²) in [4.78, 5) is 17.6. The molecule has 0 saturated carbocycles. The first-order valence-corrected chi connectivity index (χ1v) is 24.2. The number of hydrogen-bond donors (Lipinski definition) is 1. The Balaban J connectivity index is 1.46. The van der Waals surface area contributed by atoms with Crippen LogP contribution in [0.4, 0.5) is 4.79 Å². The second-order valence-electron chi connectivity index (χ2n) is 16.5. The van der Waals surface area contributed by atoms with E-state index in [0.717, 1.165) is 36.1 Å². The Kier molecular flexibility index (Phi) is 14.2. The highest BCUT2D eigenvalue weighted by atomic mass is 32.2. The van der Waals surface area contributed by atoms with Crippen molar-refractivity contribution < 1.29 is 40.6 Å². The van der Waals surface area contributed by atoms with E-state index >= 15 is 8.42 Å². The fourth-order valence-corrected chi connectivity index (χ4v) is 11.3. The van der Waals surface area contributed by atoms with Crippen LogP contribution in [0.5, 0.6) is 17.2 Å². The van der Waals surface area contributed by atoms with Gasteiger partial charge in [0.15, 0.2) is 9.84 Å². The summed E-state index contributed by atoms with van der Waals surface area (Å²) in [5.41, 5.74) is 4.04. The monoisotopic (exact) mass is 923 g/mol. The van der Waals surface area contributed by atoms with Crippen LogP contribution in [0.3, 0.4) is 0 Å². The number of ether oxygens (including phenoxy) is 4. The molecule has 7 rings (SSSR count). The Bertz CT molecular complexity index is 2800. The minimum absolute atomic E-state index is 0.0411. The molecule has 4 aromatic carbocycles. The maximum atomic E-state index is 16.0. The van der Waals surface area contributed by atoms with E-state index in [4.69, 9.17) is 24.0 Å². The lowest BCUT2D eigenvalue weighted by atomic mass is 9.87. The van der Waals surface area contributed by atoms with Gasteiger partial charge in [0.25, 0.3) is 0 Å². The lowest BCUT2D eigenvalue weighted by molar-refractivity contribution is 0.0531. The Morgan fingerprint density at radius 1 is 0.738 bits per heavy atom. The van der Waals surface area contributed by atoms with Gasteiger partial charge >= 0.3 is 6.09 Å². The van der Waals surface area contributed by atoms with E-state index in [9.17, 15) is 13.2 Å². The maximum Gasteiger partial charge on any atom is 0.407 e.